The third-order valence-corrected chi connectivity index (χ3v) is 6.58. The number of amides is 2. The highest BCUT2D eigenvalue weighted by molar-refractivity contribution is 9.10. The average Bonchev–Trinajstić information content (AvgIpc) is 2.78. The number of nitrogens with zero attached hydrogens (tertiary/aromatic N) is 1. The fourth-order valence-corrected chi connectivity index (χ4v) is 4.76. The van der Waals surface area contributed by atoms with Crippen molar-refractivity contribution in [2.75, 3.05) is 11.1 Å². The van der Waals surface area contributed by atoms with E-state index in [-0.39, 0.29) is 29.9 Å². The van der Waals surface area contributed by atoms with Gasteiger partial charge >= 0.3 is 0 Å². The van der Waals surface area contributed by atoms with Crippen molar-refractivity contribution < 1.29 is 9.59 Å². The number of fused-ring (bicyclic) bond motifs is 1. The highest BCUT2D eigenvalue weighted by Crippen LogP contribution is 2.38. The van der Waals surface area contributed by atoms with Crippen molar-refractivity contribution in [3.05, 3.63) is 87.4 Å². The Morgan fingerprint density at radius 1 is 1.13 bits per heavy atom. The molecule has 1 aliphatic rings. The van der Waals surface area contributed by atoms with Gasteiger partial charge in [-0.05, 0) is 40.6 Å². The van der Waals surface area contributed by atoms with Gasteiger partial charge in [0.2, 0.25) is 11.8 Å². The van der Waals surface area contributed by atoms with E-state index in [0.29, 0.717) is 16.3 Å². The molecule has 0 aromatic heterocycles. The Bertz CT molecular complexity index is 1230. The largest absolute Gasteiger partial charge is 0.325 e. The van der Waals surface area contributed by atoms with Crippen molar-refractivity contribution in [2.24, 2.45) is 0 Å². The Morgan fingerprint density at radius 2 is 1.87 bits per heavy atom. The van der Waals surface area contributed by atoms with Crippen molar-refractivity contribution in [3.8, 4) is 6.07 Å². The molecule has 3 aromatic carbocycles. The van der Waals surface area contributed by atoms with Crippen LogP contribution in [0.1, 0.15) is 17.9 Å². The van der Waals surface area contributed by atoms with E-state index in [9.17, 15) is 14.9 Å². The molecule has 4 rings (SSSR count). The average molecular weight is 492 g/mol. The first-order valence-electron chi connectivity index (χ1n) is 9.65. The number of halogens is 1. The minimum absolute atomic E-state index is 0.0825. The second-order valence-electron chi connectivity index (χ2n) is 7.07. The Morgan fingerprint density at radius 3 is 2.65 bits per heavy atom. The summed E-state index contributed by atoms with van der Waals surface area (Å²) in [6, 6.07) is 23.4. The van der Waals surface area contributed by atoms with Crippen molar-refractivity contribution in [1.82, 2.24) is 5.32 Å². The number of benzene rings is 3. The number of allylic oxidation sites excluding steroid dienone is 1. The van der Waals surface area contributed by atoms with E-state index < -0.39 is 0 Å². The van der Waals surface area contributed by atoms with Gasteiger partial charge in [-0.25, -0.2) is 0 Å². The summed E-state index contributed by atoms with van der Waals surface area (Å²) in [4.78, 5) is 24.8. The first-order valence-corrected chi connectivity index (χ1v) is 11.4. The van der Waals surface area contributed by atoms with E-state index in [4.69, 9.17) is 0 Å². The van der Waals surface area contributed by atoms with Crippen LogP contribution in [0.5, 0.6) is 0 Å². The van der Waals surface area contributed by atoms with Gasteiger partial charge in [0.1, 0.15) is 0 Å². The van der Waals surface area contributed by atoms with E-state index in [1.807, 2.05) is 54.6 Å². The molecule has 0 saturated heterocycles. The number of carbonyl (C=O) groups excluding carboxylic acids is 2. The van der Waals surface area contributed by atoms with Crippen LogP contribution < -0.4 is 10.6 Å². The summed E-state index contributed by atoms with van der Waals surface area (Å²) in [5, 5.41) is 18.0. The van der Waals surface area contributed by atoms with Gasteiger partial charge in [-0.1, -0.05) is 70.2 Å². The number of thioether (sulfide) groups is 1. The van der Waals surface area contributed by atoms with Crippen LogP contribution >= 0.6 is 27.7 Å². The summed E-state index contributed by atoms with van der Waals surface area (Å²) >= 11 is 4.53. The first kappa shape index (κ1) is 21.2. The normalized spacial score (nSPS) is 16.0. The third kappa shape index (κ3) is 4.82. The van der Waals surface area contributed by atoms with Crippen LogP contribution in [-0.2, 0) is 9.59 Å². The first-order chi connectivity index (χ1) is 15.0. The number of hydrogen-bond donors (Lipinski definition) is 2. The summed E-state index contributed by atoms with van der Waals surface area (Å²) in [7, 11) is 0. The molecule has 3 aromatic rings. The van der Waals surface area contributed by atoms with E-state index in [2.05, 4.69) is 32.6 Å². The molecule has 1 aliphatic heterocycles. The lowest BCUT2D eigenvalue weighted by Gasteiger charge is -2.26. The summed E-state index contributed by atoms with van der Waals surface area (Å²) in [5.74, 6) is -0.632. The van der Waals surface area contributed by atoms with Crippen LogP contribution in [0.25, 0.3) is 10.8 Å². The predicted octanol–water partition coefficient (Wildman–Crippen LogP) is 5.31. The Kier molecular flexibility index (Phi) is 6.40. The standard InChI is InChI=1S/C24H18BrN3O2S/c25-16-8-10-17(11-9-16)27-23(30)14-31-24-21(13-26)20(12-22(29)28-24)19-7-3-5-15-4-1-2-6-18(15)19/h1-11,20H,12,14H2,(H,27,30)(H,28,29)/t20-/m1/s1. The van der Waals surface area contributed by atoms with Crippen LogP contribution in [0.3, 0.4) is 0 Å². The molecule has 31 heavy (non-hydrogen) atoms. The Hall–Kier alpha value is -3.08. The lowest BCUT2D eigenvalue weighted by Crippen LogP contribution is -2.31. The van der Waals surface area contributed by atoms with Gasteiger partial charge in [-0.2, -0.15) is 5.26 Å². The molecule has 2 amide bonds. The molecule has 0 unspecified atom stereocenters. The smallest absolute Gasteiger partial charge is 0.234 e. The molecule has 0 aliphatic carbocycles. The number of anilines is 1. The molecule has 2 N–H and O–H groups in total. The highest BCUT2D eigenvalue weighted by atomic mass is 79.9. The molecule has 0 radical (unpaired) electrons. The fourth-order valence-electron chi connectivity index (χ4n) is 3.62. The molecule has 0 saturated carbocycles. The summed E-state index contributed by atoms with van der Waals surface area (Å²) in [6.07, 6.45) is 0.200. The SMILES string of the molecule is N#CC1=C(SCC(=O)Nc2ccc(Br)cc2)NC(=O)C[C@@H]1c1cccc2ccccc12. The molecular formula is C24H18BrN3O2S. The maximum absolute atomic E-state index is 12.4. The van der Waals surface area contributed by atoms with E-state index >= 15 is 0 Å². The fraction of sp³-hybridized carbons (Fsp3) is 0.125. The minimum atomic E-state index is -0.345. The van der Waals surface area contributed by atoms with Crippen LogP contribution in [0.4, 0.5) is 5.69 Å². The topological polar surface area (TPSA) is 82.0 Å². The van der Waals surface area contributed by atoms with Gasteiger partial charge in [0.15, 0.2) is 0 Å². The van der Waals surface area contributed by atoms with E-state index in [1.54, 1.807) is 12.1 Å². The summed E-state index contributed by atoms with van der Waals surface area (Å²) in [6.45, 7) is 0. The number of nitrogens with one attached hydrogen (secondary N) is 2. The summed E-state index contributed by atoms with van der Waals surface area (Å²) < 4.78 is 0.924. The van der Waals surface area contributed by atoms with Crippen LogP contribution in [0, 0.1) is 11.3 Å². The zero-order chi connectivity index (χ0) is 21.8. The quantitative estimate of drug-likeness (QED) is 0.506. The van der Waals surface area contributed by atoms with Crippen LogP contribution in [-0.4, -0.2) is 17.6 Å². The van der Waals surface area contributed by atoms with Gasteiger partial charge in [0.25, 0.3) is 0 Å². The van der Waals surface area contributed by atoms with Crippen molar-refractivity contribution in [3.63, 3.8) is 0 Å². The third-order valence-electron chi connectivity index (χ3n) is 5.03. The van der Waals surface area contributed by atoms with Gasteiger partial charge in [-0.3, -0.25) is 9.59 Å². The molecule has 0 spiro atoms. The molecule has 0 fully saturated rings. The monoisotopic (exact) mass is 491 g/mol. The zero-order valence-electron chi connectivity index (χ0n) is 16.4. The molecule has 5 nitrogen and oxygen atoms in total. The molecule has 0 bridgehead atoms. The van der Waals surface area contributed by atoms with Gasteiger partial charge in [0.05, 0.1) is 22.4 Å². The highest BCUT2D eigenvalue weighted by Gasteiger charge is 2.30. The lowest BCUT2D eigenvalue weighted by atomic mass is 9.84. The maximum atomic E-state index is 12.4. The van der Waals surface area contributed by atoms with E-state index in [0.717, 1.165) is 20.8 Å². The second-order valence-corrected chi connectivity index (χ2v) is 8.97. The molecular weight excluding hydrogens is 474 g/mol. The molecule has 1 heterocycles. The lowest BCUT2D eigenvalue weighted by molar-refractivity contribution is -0.121. The van der Waals surface area contributed by atoms with Crippen LogP contribution in [0.15, 0.2) is 81.8 Å². The van der Waals surface area contributed by atoms with E-state index in [1.165, 1.54) is 11.8 Å². The number of nitriles is 1. The predicted molar refractivity (Wildman–Crippen MR) is 127 cm³/mol. The van der Waals surface area contributed by atoms with Crippen LogP contribution in [0.2, 0.25) is 0 Å². The number of rotatable bonds is 5. The minimum Gasteiger partial charge on any atom is -0.325 e. The molecule has 1 atom stereocenters. The second kappa shape index (κ2) is 9.38. The zero-order valence-corrected chi connectivity index (χ0v) is 18.8. The summed E-state index contributed by atoms with van der Waals surface area (Å²) in [5.41, 5.74) is 2.11. The molecule has 7 heteroatoms. The Balaban J connectivity index is 1.57. The number of hydrogen-bond acceptors (Lipinski definition) is 4. The Labute approximate surface area is 192 Å². The van der Waals surface area contributed by atoms with Gasteiger partial charge < -0.3 is 10.6 Å². The van der Waals surface area contributed by atoms with Gasteiger partial charge in [0, 0.05) is 22.5 Å². The number of carbonyl (C=O) groups is 2. The maximum Gasteiger partial charge on any atom is 0.234 e. The van der Waals surface area contributed by atoms with Crippen molar-refractivity contribution in [1.29, 1.82) is 5.26 Å². The molecule has 154 valence electrons. The van der Waals surface area contributed by atoms with Crippen molar-refractivity contribution in [2.45, 2.75) is 12.3 Å². The van der Waals surface area contributed by atoms with Crippen molar-refractivity contribution >= 4 is 56.0 Å². The van der Waals surface area contributed by atoms with Gasteiger partial charge in [-0.15, -0.1) is 0 Å².